The van der Waals surface area contributed by atoms with E-state index in [1.54, 1.807) is 24.3 Å². The first kappa shape index (κ1) is 13.8. The summed E-state index contributed by atoms with van der Waals surface area (Å²) in [5.41, 5.74) is 0.666. The lowest BCUT2D eigenvalue weighted by Gasteiger charge is -2.04. The lowest BCUT2D eigenvalue weighted by atomic mass is 10.2. The lowest BCUT2D eigenvalue weighted by molar-refractivity contribution is -0.384. The molecular formula is C13H8BrNO3S. The van der Waals surface area contributed by atoms with Crippen LogP contribution in [0.4, 0.5) is 5.69 Å². The number of carbonyl (C=O) groups excluding carboxylic acids is 1. The number of hydrogen-bond donors (Lipinski definition) is 0. The van der Waals surface area contributed by atoms with Crippen LogP contribution in [0.2, 0.25) is 0 Å². The van der Waals surface area contributed by atoms with E-state index in [4.69, 9.17) is 0 Å². The standard InChI is InChI=1S/C13H8BrNO3S/c14-12-7-9(8-16)1-6-13(12)19-11-4-2-10(3-5-11)15(17)18/h1-8H. The quantitative estimate of drug-likeness (QED) is 0.473. The molecule has 0 fully saturated rings. The molecule has 0 saturated carbocycles. The van der Waals surface area contributed by atoms with Gasteiger partial charge in [-0.25, -0.2) is 0 Å². The van der Waals surface area contributed by atoms with Gasteiger partial charge in [0, 0.05) is 32.0 Å². The fraction of sp³-hybridized carbons (Fsp3) is 0. The molecule has 0 saturated heterocycles. The first-order chi connectivity index (χ1) is 9.10. The van der Waals surface area contributed by atoms with E-state index in [1.165, 1.54) is 23.9 Å². The number of rotatable bonds is 4. The van der Waals surface area contributed by atoms with Crippen LogP contribution in [0.25, 0.3) is 0 Å². The average molecular weight is 338 g/mol. The van der Waals surface area contributed by atoms with Crippen molar-refractivity contribution in [1.82, 2.24) is 0 Å². The van der Waals surface area contributed by atoms with Crippen LogP contribution in [0.15, 0.2) is 56.7 Å². The van der Waals surface area contributed by atoms with E-state index in [-0.39, 0.29) is 5.69 Å². The molecule has 19 heavy (non-hydrogen) atoms. The topological polar surface area (TPSA) is 60.2 Å². The van der Waals surface area contributed by atoms with Crippen molar-refractivity contribution in [3.63, 3.8) is 0 Å². The normalized spacial score (nSPS) is 10.2. The Morgan fingerprint density at radius 1 is 1.16 bits per heavy atom. The number of non-ortho nitro benzene ring substituents is 1. The van der Waals surface area contributed by atoms with Gasteiger partial charge in [-0.05, 0) is 40.2 Å². The van der Waals surface area contributed by atoms with Gasteiger partial charge in [0.05, 0.1) is 4.92 Å². The molecule has 0 aliphatic rings. The van der Waals surface area contributed by atoms with Crippen molar-refractivity contribution in [2.75, 3.05) is 0 Å². The molecular weight excluding hydrogens is 330 g/mol. The summed E-state index contributed by atoms with van der Waals surface area (Å²) in [7, 11) is 0. The molecule has 0 spiro atoms. The molecule has 4 nitrogen and oxygen atoms in total. The second-order valence-corrected chi connectivity index (χ2v) is 5.63. The minimum absolute atomic E-state index is 0.0692. The van der Waals surface area contributed by atoms with Gasteiger partial charge in [-0.3, -0.25) is 14.9 Å². The minimum Gasteiger partial charge on any atom is -0.298 e. The zero-order valence-electron chi connectivity index (χ0n) is 9.58. The molecule has 0 aliphatic heterocycles. The van der Waals surface area contributed by atoms with Crippen molar-refractivity contribution in [3.05, 3.63) is 62.6 Å². The first-order valence-corrected chi connectivity index (χ1v) is 6.88. The molecule has 0 aromatic heterocycles. The zero-order chi connectivity index (χ0) is 13.8. The maximum Gasteiger partial charge on any atom is 0.269 e. The van der Waals surface area contributed by atoms with Crippen molar-refractivity contribution >= 4 is 39.7 Å². The number of hydrogen-bond acceptors (Lipinski definition) is 4. The summed E-state index contributed by atoms with van der Waals surface area (Å²) in [4.78, 5) is 22.6. The Kier molecular flexibility index (Phi) is 4.34. The number of halogens is 1. The summed E-state index contributed by atoms with van der Waals surface area (Å²) in [5.74, 6) is 0. The van der Waals surface area contributed by atoms with Crippen LogP contribution in [0.1, 0.15) is 10.4 Å². The van der Waals surface area contributed by atoms with E-state index < -0.39 is 4.92 Å². The largest absolute Gasteiger partial charge is 0.298 e. The van der Waals surface area contributed by atoms with Gasteiger partial charge < -0.3 is 0 Å². The lowest BCUT2D eigenvalue weighted by Crippen LogP contribution is -1.86. The van der Waals surface area contributed by atoms with E-state index in [9.17, 15) is 14.9 Å². The van der Waals surface area contributed by atoms with Crippen molar-refractivity contribution in [1.29, 1.82) is 0 Å². The monoisotopic (exact) mass is 337 g/mol. The predicted molar refractivity (Wildman–Crippen MR) is 76.7 cm³/mol. The predicted octanol–water partition coefficient (Wildman–Crippen LogP) is 4.32. The van der Waals surface area contributed by atoms with Gasteiger partial charge in [-0.1, -0.05) is 17.8 Å². The fourth-order valence-corrected chi connectivity index (χ4v) is 2.89. The smallest absolute Gasteiger partial charge is 0.269 e. The van der Waals surface area contributed by atoms with Crippen LogP contribution in [-0.2, 0) is 0 Å². The highest BCUT2D eigenvalue weighted by Gasteiger charge is 2.07. The number of carbonyl (C=O) groups is 1. The molecule has 0 heterocycles. The number of benzene rings is 2. The first-order valence-electron chi connectivity index (χ1n) is 5.27. The molecule has 2 aromatic rings. The molecule has 0 N–H and O–H groups in total. The van der Waals surface area contributed by atoms with Crippen LogP contribution in [0.5, 0.6) is 0 Å². The Hall–Kier alpha value is -1.66. The molecule has 96 valence electrons. The van der Waals surface area contributed by atoms with E-state index >= 15 is 0 Å². The van der Waals surface area contributed by atoms with Crippen LogP contribution in [0.3, 0.4) is 0 Å². The summed E-state index contributed by atoms with van der Waals surface area (Å²) in [5, 5.41) is 10.6. The minimum atomic E-state index is -0.427. The Bertz CT molecular complexity index is 628. The molecule has 0 atom stereocenters. The summed E-state index contributed by atoms with van der Waals surface area (Å²) in [6.45, 7) is 0. The van der Waals surface area contributed by atoms with Crippen LogP contribution in [-0.4, -0.2) is 11.2 Å². The molecule has 6 heteroatoms. The van der Waals surface area contributed by atoms with Gasteiger partial charge in [0.2, 0.25) is 0 Å². The molecule has 0 aliphatic carbocycles. The van der Waals surface area contributed by atoms with Crippen molar-refractivity contribution in [2.24, 2.45) is 0 Å². The highest BCUT2D eigenvalue weighted by atomic mass is 79.9. The number of nitrogens with zero attached hydrogens (tertiary/aromatic N) is 1. The zero-order valence-corrected chi connectivity index (χ0v) is 12.0. The maximum atomic E-state index is 10.6. The fourth-order valence-electron chi connectivity index (χ4n) is 1.44. The SMILES string of the molecule is O=Cc1ccc(Sc2ccc([N+](=O)[O-])cc2)c(Br)c1. The molecule has 0 radical (unpaired) electrons. The van der Waals surface area contributed by atoms with Gasteiger partial charge in [-0.15, -0.1) is 0 Å². The van der Waals surface area contributed by atoms with Gasteiger partial charge in [0.25, 0.3) is 5.69 Å². The molecule has 0 amide bonds. The number of nitro benzene ring substituents is 1. The molecule has 0 unspecified atom stereocenters. The second kappa shape index (κ2) is 5.99. The van der Waals surface area contributed by atoms with E-state index in [2.05, 4.69) is 15.9 Å². The molecule has 2 rings (SSSR count). The summed E-state index contributed by atoms with van der Waals surface area (Å²) >= 11 is 4.86. The Morgan fingerprint density at radius 3 is 2.37 bits per heavy atom. The van der Waals surface area contributed by atoms with Crippen LogP contribution >= 0.6 is 27.7 Å². The number of nitro groups is 1. The van der Waals surface area contributed by atoms with E-state index in [0.29, 0.717) is 5.56 Å². The Labute approximate surface area is 122 Å². The molecule has 2 aromatic carbocycles. The van der Waals surface area contributed by atoms with E-state index in [0.717, 1.165) is 20.5 Å². The average Bonchev–Trinajstić information content (AvgIpc) is 2.41. The number of aldehydes is 1. The van der Waals surface area contributed by atoms with Crippen LogP contribution in [0, 0.1) is 10.1 Å². The Morgan fingerprint density at radius 2 is 1.84 bits per heavy atom. The summed E-state index contributed by atoms with van der Waals surface area (Å²) < 4.78 is 0.820. The van der Waals surface area contributed by atoms with E-state index in [1.807, 2.05) is 6.07 Å². The van der Waals surface area contributed by atoms with Crippen molar-refractivity contribution in [3.8, 4) is 0 Å². The molecule has 0 bridgehead atoms. The van der Waals surface area contributed by atoms with Gasteiger partial charge >= 0.3 is 0 Å². The third-order valence-electron chi connectivity index (χ3n) is 2.37. The highest BCUT2D eigenvalue weighted by molar-refractivity contribution is 9.10. The van der Waals surface area contributed by atoms with Gasteiger partial charge in [0.1, 0.15) is 6.29 Å². The van der Waals surface area contributed by atoms with Crippen LogP contribution < -0.4 is 0 Å². The maximum absolute atomic E-state index is 10.6. The summed E-state index contributed by atoms with van der Waals surface area (Å²) in [6, 6.07) is 11.6. The van der Waals surface area contributed by atoms with Gasteiger partial charge in [0.15, 0.2) is 0 Å². The third-order valence-corrected chi connectivity index (χ3v) is 4.37. The van der Waals surface area contributed by atoms with Crippen molar-refractivity contribution in [2.45, 2.75) is 9.79 Å². The summed E-state index contributed by atoms with van der Waals surface area (Å²) in [6.07, 6.45) is 0.783. The highest BCUT2D eigenvalue weighted by Crippen LogP contribution is 2.34. The Balaban J connectivity index is 2.21. The second-order valence-electron chi connectivity index (χ2n) is 3.66. The van der Waals surface area contributed by atoms with Gasteiger partial charge in [-0.2, -0.15) is 0 Å². The van der Waals surface area contributed by atoms with Crippen molar-refractivity contribution < 1.29 is 9.72 Å². The third kappa shape index (κ3) is 3.42.